The zero-order valence-corrected chi connectivity index (χ0v) is 15.9. The highest BCUT2D eigenvalue weighted by atomic mass is 15.3. The Morgan fingerprint density at radius 3 is 2.96 bits per heavy atom. The summed E-state index contributed by atoms with van der Waals surface area (Å²) in [6, 6.07) is 8.76. The number of nitrogens with one attached hydrogen (secondary N) is 1. The standard InChI is InChI=1S/C21H29N5/c1-16-7-3-4-8-19(16)17-10-12-26(14-17)21(22-2)23-13-18-15-25-11-6-5-9-20(25)24-18/h3-4,7-8,15,17H,5-6,9-14H2,1-2H3,(H,22,23). The van der Waals surface area contributed by atoms with Gasteiger partial charge in [0.05, 0.1) is 12.2 Å². The van der Waals surface area contributed by atoms with E-state index in [0.29, 0.717) is 5.92 Å². The van der Waals surface area contributed by atoms with Crippen molar-refractivity contribution in [2.75, 3.05) is 20.1 Å². The molecular formula is C21H29N5. The highest BCUT2D eigenvalue weighted by Crippen LogP contribution is 2.29. The minimum atomic E-state index is 0.592. The molecule has 0 aliphatic carbocycles. The molecule has 2 aliphatic heterocycles. The molecule has 2 aliphatic rings. The Balaban J connectivity index is 1.37. The number of imidazole rings is 1. The number of rotatable bonds is 3. The first-order chi connectivity index (χ1) is 12.7. The van der Waals surface area contributed by atoms with Crippen molar-refractivity contribution in [1.29, 1.82) is 0 Å². The largest absolute Gasteiger partial charge is 0.351 e. The van der Waals surface area contributed by atoms with E-state index >= 15 is 0 Å². The molecule has 1 aromatic carbocycles. The fourth-order valence-electron chi connectivity index (χ4n) is 4.31. The lowest BCUT2D eigenvalue weighted by molar-refractivity contribution is 0.485. The third-order valence-electron chi connectivity index (χ3n) is 5.71. The molecule has 0 radical (unpaired) electrons. The summed E-state index contributed by atoms with van der Waals surface area (Å²) in [5.74, 6) is 2.82. The van der Waals surface area contributed by atoms with Crippen molar-refractivity contribution in [2.45, 2.75) is 51.6 Å². The normalized spacial score (nSPS) is 20.3. The number of aliphatic imine (C=N–C) groups is 1. The van der Waals surface area contributed by atoms with Crippen LogP contribution in [0.4, 0.5) is 0 Å². The van der Waals surface area contributed by atoms with Gasteiger partial charge in [0.2, 0.25) is 0 Å². The second-order valence-corrected chi connectivity index (χ2v) is 7.49. The summed E-state index contributed by atoms with van der Waals surface area (Å²) in [7, 11) is 1.88. The summed E-state index contributed by atoms with van der Waals surface area (Å²) in [4.78, 5) is 11.7. The lowest BCUT2D eigenvalue weighted by Gasteiger charge is -2.21. The number of nitrogens with zero attached hydrogens (tertiary/aromatic N) is 4. The maximum atomic E-state index is 4.78. The van der Waals surface area contributed by atoms with E-state index in [1.165, 1.54) is 36.2 Å². The van der Waals surface area contributed by atoms with Gasteiger partial charge in [-0.1, -0.05) is 24.3 Å². The van der Waals surface area contributed by atoms with Crippen molar-refractivity contribution in [1.82, 2.24) is 19.8 Å². The Labute approximate surface area is 156 Å². The maximum Gasteiger partial charge on any atom is 0.193 e. The summed E-state index contributed by atoms with van der Waals surface area (Å²) in [6.07, 6.45) is 7.03. The molecule has 0 amide bonds. The van der Waals surface area contributed by atoms with Crippen LogP contribution in [0, 0.1) is 6.92 Å². The van der Waals surface area contributed by atoms with E-state index in [2.05, 4.69) is 57.2 Å². The summed E-state index contributed by atoms with van der Waals surface area (Å²) in [5.41, 5.74) is 4.00. The van der Waals surface area contributed by atoms with Crippen LogP contribution in [0.2, 0.25) is 0 Å². The van der Waals surface area contributed by atoms with E-state index < -0.39 is 0 Å². The predicted octanol–water partition coefficient (Wildman–Crippen LogP) is 3.09. The maximum absolute atomic E-state index is 4.78. The molecule has 0 saturated carbocycles. The molecule has 1 saturated heterocycles. The van der Waals surface area contributed by atoms with Gasteiger partial charge in [0, 0.05) is 45.2 Å². The third kappa shape index (κ3) is 3.48. The number of fused-ring (bicyclic) bond motifs is 1. The van der Waals surface area contributed by atoms with E-state index in [1.807, 2.05) is 7.05 Å². The molecule has 5 nitrogen and oxygen atoms in total. The van der Waals surface area contributed by atoms with Gasteiger partial charge in [0.25, 0.3) is 0 Å². The van der Waals surface area contributed by atoms with Gasteiger partial charge >= 0.3 is 0 Å². The van der Waals surface area contributed by atoms with Crippen molar-refractivity contribution in [3.63, 3.8) is 0 Å². The predicted molar refractivity (Wildman–Crippen MR) is 105 cm³/mol. The second kappa shape index (κ2) is 7.52. The molecule has 2 aromatic rings. The molecule has 1 N–H and O–H groups in total. The monoisotopic (exact) mass is 351 g/mol. The average Bonchev–Trinajstić information content (AvgIpc) is 3.29. The van der Waals surface area contributed by atoms with Crippen molar-refractivity contribution in [3.8, 4) is 0 Å². The molecule has 1 unspecified atom stereocenters. The van der Waals surface area contributed by atoms with Crippen LogP contribution in [0.15, 0.2) is 35.5 Å². The number of likely N-dealkylation sites (tertiary alicyclic amines) is 1. The Morgan fingerprint density at radius 1 is 1.27 bits per heavy atom. The van der Waals surface area contributed by atoms with E-state index in [4.69, 9.17) is 4.98 Å². The van der Waals surface area contributed by atoms with Crippen LogP contribution in [-0.4, -0.2) is 40.5 Å². The molecule has 0 bridgehead atoms. The van der Waals surface area contributed by atoms with Gasteiger partial charge in [-0.2, -0.15) is 0 Å². The fraction of sp³-hybridized carbons (Fsp3) is 0.524. The lowest BCUT2D eigenvalue weighted by Crippen LogP contribution is -2.39. The molecule has 3 heterocycles. The average molecular weight is 351 g/mol. The number of aromatic nitrogens is 2. The van der Waals surface area contributed by atoms with Crippen LogP contribution < -0.4 is 5.32 Å². The fourth-order valence-corrected chi connectivity index (χ4v) is 4.31. The first kappa shape index (κ1) is 17.1. The SMILES string of the molecule is CN=C(NCc1cn2c(n1)CCCC2)N1CCC(c2ccccc2C)C1. The highest BCUT2D eigenvalue weighted by Gasteiger charge is 2.27. The molecule has 0 spiro atoms. The topological polar surface area (TPSA) is 45.5 Å². The number of hydrogen-bond donors (Lipinski definition) is 1. The van der Waals surface area contributed by atoms with Gasteiger partial charge < -0.3 is 14.8 Å². The van der Waals surface area contributed by atoms with Gasteiger partial charge in [-0.3, -0.25) is 4.99 Å². The highest BCUT2D eigenvalue weighted by molar-refractivity contribution is 5.80. The first-order valence-corrected chi connectivity index (χ1v) is 9.80. The molecular weight excluding hydrogens is 322 g/mol. The van der Waals surface area contributed by atoms with Crippen LogP contribution in [0.1, 0.15) is 47.8 Å². The summed E-state index contributed by atoms with van der Waals surface area (Å²) in [5, 5.41) is 3.52. The van der Waals surface area contributed by atoms with Gasteiger partial charge in [-0.05, 0) is 37.3 Å². The number of guanidine groups is 1. The minimum absolute atomic E-state index is 0.592. The molecule has 5 heteroatoms. The Kier molecular flexibility index (Phi) is 4.96. The molecule has 138 valence electrons. The molecule has 1 atom stereocenters. The molecule has 4 rings (SSSR count). The first-order valence-electron chi connectivity index (χ1n) is 9.80. The summed E-state index contributed by atoms with van der Waals surface area (Å²) in [6.45, 7) is 6.16. The Morgan fingerprint density at radius 2 is 2.15 bits per heavy atom. The van der Waals surface area contributed by atoms with Crippen molar-refractivity contribution >= 4 is 5.96 Å². The van der Waals surface area contributed by atoms with E-state index in [1.54, 1.807) is 0 Å². The van der Waals surface area contributed by atoms with Crippen LogP contribution >= 0.6 is 0 Å². The van der Waals surface area contributed by atoms with Gasteiger partial charge in [-0.15, -0.1) is 0 Å². The van der Waals surface area contributed by atoms with E-state index in [0.717, 1.165) is 44.3 Å². The smallest absolute Gasteiger partial charge is 0.193 e. The Bertz CT molecular complexity index is 768. The van der Waals surface area contributed by atoms with Crippen LogP contribution in [0.5, 0.6) is 0 Å². The quantitative estimate of drug-likeness (QED) is 0.683. The molecule has 1 aromatic heterocycles. The lowest BCUT2D eigenvalue weighted by atomic mass is 9.94. The summed E-state index contributed by atoms with van der Waals surface area (Å²) >= 11 is 0. The molecule has 26 heavy (non-hydrogen) atoms. The third-order valence-corrected chi connectivity index (χ3v) is 5.71. The van der Waals surface area contributed by atoms with Crippen molar-refractivity contribution in [3.05, 3.63) is 53.1 Å². The molecule has 1 fully saturated rings. The van der Waals surface area contributed by atoms with Crippen LogP contribution in [0.25, 0.3) is 0 Å². The zero-order valence-electron chi connectivity index (χ0n) is 15.9. The summed E-state index contributed by atoms with van der Waals surface area (Å²) < 4.78 is 2.31. The van der Waals surface area contributed by atoms with E-state index in [-0.39, 0.29) is 0 Å². The minimum Gasteiger partial charge on any atom is -0.351 e. The number of aryl methyl sites for hydroxylation is 3. The van der Waals surface area contributed by atoms with Crippen LogP contribution in [-0.2, 0) is 19.5 Å². The zero-order chi connectivity index (χ0) is 17.9. The Hall–Kier alpha value is -2.30. The van der Waals surface area contributed by atoms with Gasteiger partial charge in [-0.25, -0.2) is 4.98 Å². The second-order valence-electron chi connectivity index (χ2n) is 7.49. The van der Waals surface area contributed by atoms with Gasteiger partial charge in [0.15, 0.2) is 5.96 Å². The van der Waals surface area contributed by atoms with Gasteiger partial charge in [0.1, 0.15) is 5.82 Å². The number of benzene rings is 1. The van der Waals surface area contributed by atoms with Crippen molar-refractivity contribution < 1.29 is 0 Å². The van der Waals surface area contributed by atoms with Crippen molar-refractivity contribution in [2.24, 2.45) is 4.99 Å². The van der Waals surface area contributed by atoms with E-state index in [9.17, 15) is 0 Å². The van der Waals surface area contributed by atoms with Crippen LogP contribution in [0.3, 0.4) is 0 Å². The number of hydrogen-bond acceptors (Lipinski definition) is 2.